The summed E-state index contributed by atoms with van der Waals surface area (Å²) in [6, 6.07) is 7.35. The van der Waals surface area contributed by atoms with Gasteiger partial charge in [0.2, 0.25) is 0 Å². The summed E-state index contributed by atoms with van der Waals surface area (Å²) in [6.07, 6.45) is 2.11. The molecular formula is C23H20I6O6. The summed E-state index contributed by atoms with van der Waals surface area (Å²) in [4.78, 5) is 40.1. The van der Waals surface area contributed by atoms with Crippen LogP contribution in [0, 0.1) is 21.4 Å². The van der Waals surface area contributed by atoms with Crippen LogP contribution in [-0.4, -0.2) is 30.3 Å². The number of hydrogen-bond acceptors (Lipinski definition) is 6. The fraction of sp³-hybridized carbons (Fsp3) is 0.348. The van der Waals surface area contributed by atoms with Crippen molar-refractivity contribution in [3.8, 4) is 0 Å². The Morgan fingerprint density at radius 3 is 1.46 bits per heavy atom. The minimum absolute atomic E-state index is 0.00773. The monoisotopic (exact) mass is 1150 g/mol. The highest BCUT2D eigenvalue weighted by Crippen LogP contribution is 2.32. The largest absolute Gasteiger partial charge is 0.460 e. The lowest BCUT2D eigenvalue weighted by Crippen LogP contribution is -2.49. The summed E-state index contributed by atoms with van der Waals surface area (Å²) in [7, 11) is 0. The van der Waals surface area contributed by atoms with Gasteiger partial charge in [-0.3, -0.25) is 0 Å². The second-order valence-corrected chi connectivity index (χ2v) is 14.3. The molecule has 0 atom stereocenters. The molecule has 0 heterocycles. The lowest BCUT2D eigenvalue weighted by Gasteiger charge is -2.31. The van der Waals surface area contributed by atoms with Crippen LogP contribution < -0.4 is 0 Å². The topological polar surface area (TPSA) is 78.9 Å². The Hall–Kier alpha value is 1.23. The minimum atomic E-state index is -2.20. The summed E-state index contributed by atoms with van der Waals surface area (Å²) in [5, 5.41) is 0. The predicted molar refractivity (Wildman–Crippen MR) is 184 cm³/mol. The van der Waals surface area contributed by atoms with Crippen molar-refractivity contribution in [3.05, 3.63) is 56.8 Å². The first-order chi connectivity index (χ1) is 16.5. The Labute approximate surface area is 286 Å². The first kappa shape index (κ1) is 32.4. The van der Waals surface area contributed by atoms with Gasteiger partial charge in [-0.2, -0.15) is 0 Å². The maximum absolute atomic E-state index is 13.4. The number of carbonyl (C=O) groups excluding carboxylic acids is 3. The lowest BCUT2D eigenvalue weighted by atomic mass is 10.1. The van der Waals surface area contributed by atoms with E-state index >= 15 is 0 Å². The van der Waals surface area contributed by atoms with E-state index in [-0.39, 0.29) is 13.0 Å². The van der Waals surface area contributed by atoms with Crippen LogP contribution in [0.2, 0.25) is 0 Å². The average molecular weight is 1150 g/mol. The summed E-state index contributed by atoms with van der Waals surface area (Å²) < 4.78 is 21.5. The number of halogens is 6. The third kappa shape index (κ3) is 8.87. The normalized spacial score (nSPS) is 11.2. The van der Waals surface area contributed by atoms with Gasteiger partial charge in [0.05, 0.1) is 17.7 Å². The zero-order valence-corrected chi connectivity index (χ0v) is 31.5. The zero-order chi connectivity index (χ0) is 26.3. The highest BCUT2D eigenvalue weighted by molar-refractivity contribution is 14.1. The van der Waals surface area contributed by atoms with Crippen LogP contribution in [0.1, 0.15) is 60.2 Å². The van der Waals surface area contributed by atoms with Gasteiger partial charge in [0, 0.05) is 27.8 Å². The summed E-state index contributed by atoms with van der Waals surface area (Å²) in [5.74, 6) is -4.60. The number of unbranched alkanes of at least 4 members (excludes halogenated alkanes) is 2. The lowest BCUT2D eigenvalue weighted by molar-refractivity contribution is -0.212. The Morgan fingerprint density at radius 1 is 0.714 bits per heavy atom. The fourth-order valence-corrected chi connectivity index (χ4v) is 11.1. The summed E-state index contributed by atoms with van der Waals surface area (Å²) >= 11 is 12.6. The third-order valence-electron chi connectivity index (χ3n) is 4.63. The molecule has 0 unspecified atom stereocenters. The molecule has 0 N–H and O–H groups in total. The molecule has 2 aromatic rings. The molecule has 0 amide bonds. The standard InChI is InChI=1S/C23H20I6O6/c1-3-5-6-7-23(22(32)33-4-2,34-20(30)18-14(26)8-12(24)9-15(18)27)35-21(31)19-16(28)10-13(25)11-17(19)29/h8-11H,3-7H2,1-2H3. The van der Waals surface area contributed by atoms with Gasteiger partial charge in [-0.05, 0) is 173 Å². The molecule has 0 spiro atoms. The molecule has 0 aliphatic carbocycles. The van der Waals surface area contributed by atoms with Gasteiger partial charge in [0.25, 0.3) is 0 Å². The van der Waals surface area contributed by atoms with E-state index < -0.39 is 23.7 Å². The second-order valence-electron chi connectivity index (χ2n) is 7.20. The number of hydrogen-bond donors (Lipinski definition) is 0. The number of rotatable bonds is 10. The summed E-state index contributed by atoms with van der Waals surface area (Å²) in [6.45, 7) is 3.70. The van der Waals surface area contributed by atoms with Crippen LogP contribution in [0.3, 0.4) is 0 Å². The number of ether oxygens (including phenoxy) is 3. The van der Waals surface area contributed by atoms with Gasteiger partial charge in [-0.1, -0.05) is 19.8 Å². The van der Waals surface area contributed by atoms with E-state index in [1.54, 1.807) is 6.92 Å². The molecule has 0 aliphatic rings. The van der Waals surface area contributed by atoms with E-state index in [9.17, 15) is 14.4 Å². The average Bonchev–Trinajstić information content (AvgIpc) is 2.72. The van der Waals surface area contributed by atoms with Crippen molar-refractivity contribution in [2.45, 2.75) is 45.3 Å². The molecule has 0 saturated heterocycles. The molecule has 0 bridgehead atoms. The van der Waals surface area contributed by atoms with Crippen molar-refractivity contribution in [2.75, 3.05) is 6.61 Å². The smallest absolute Gasteiger partial charge is 0.393 e. The Kier molecular flexibility index (Phi) is 14.0. The van der Waals surface area contributed by atoms with Crippen LogP contribution in [0.5, 0.6) is 0 Å². The van der Waals surface area contributed by atoms with E-state index in [0.29, 0.717) is 31.8 Å². The van der Waals surface area contributed by atoms with E-state index in [4.69, 9.17) is 14.2 Å². The zero-order valence-electron chi connectivity index (χ0n) is 18.6. The highest BCUT2D eigenvalue weighted by atomic mass is 127. The van der Waals surface area contributed by atoms with E-state index in [1.807, 2.05) is 31.2 Å². The molecule has 0 aliphatic heterocycles. The van der Waals surface area contributed by atoms with Gasteiger partial charge >= 0.3 is 23.7 Å². The molecule has 2 aromatic carbocycles. The highest BCUT2D eigenvalue weighted by Gasteiger charge is 2.49. The van der Waals surface area contributed by atoms with Gasteiger partial charge in [-0.25, -0.2) is 14.4 Å². The molecular weight excluding hydrogens is 1130 g/mol. The molecule has 0 saturated carbocycles. The first-order valence-electron chi connectivity index (χ1n) is 10.4. The van der Waals surface area contributed by atoms with Crippen molar-refractivity contribution in [2.24, 2.45) is 0 Å². The fourth-order valence-electron chi connectivity index (χ4n) is 3.03. The van der Waals surface area contributed by atoms with Crippen molar-refractivity contribution < 1.29 is 28.6 Å². The Balaban J connectivity index is 2.57. The molecule has 190 valence electrons. The quantitative estimate of drug-likeness (QED) is 0.104. The van der Waals surface area contributed by atoms with E-state index in [0.717, 1.165) is 20.0 Å². The number of carbonyl (C=O) groups is 3. The SMILES string of the molecule is CCCCCC(OC(=O)c1c(I)cc(I)cc1I)(OC(=O)c1c(I)cc(I)cc1I)C(=O)OCC. The van der Waals surface area contributed by atoms with Crippen LogP contribution in [0.15, 0.2) is 24.3 Å². The van der Waals surface area contributed by atoms with E-state index in [1.165, 1.54) is 0 Å². The van der Waals surface area contributed by atoms with Crippen LogP contribution in [0.25, 0.3) is 0 Å². The van der Waals surface area contributed by atoms with Gasteiger partial charge in [-0.15, -0.1) is 0 Å². The molecule has 0 aromatic heterocycles. The molecule has 0 radical (unpaired) electrons. The number of esters is 3. The Morgan fingerprint density at radius 2 is 1.11 bits per heavy atom. The molecule has 0 fully saturated rings. The maximum Gasteiger partial charge on any atom is 0.393 e. The molecule has 35 heavy (non-hydrogen) atoms. The van der Waals surface area contributed by atoms with Crippen LogP contribution in [-0.2, 0) is 19.0 Å². The van der Waals surface area contributed by atoms with Crippen LogP contribution in [0.4, 0.5) is 0 Å². The summed E-state index contributed by atoms with van der Waals surface area (Å²) in [5.41, 5.74) is 0.621. The van der Waals surface area contributed by atoms with Crippen LogP contribution >= 0.6 is 136 Å². The minimum Gasteiger partial charge on any atom is -0.460 e. The van der Waals surface area contributed by atoms with Crippen molar-refractivity contribution in [1.29, 1.82) is 0 Å². The Bertz CT molecular complexity index is 1000. The van der Waals surface area contributed by atoms with Gasteiger partial charge in [0.1, 0.15) is 0 Å². The maximum atomic E-state index is 13.4. The number of benzene rings is 2. The van der Waals surface area contributed by atoms with Crippen molar-refractivity contribution in [3.63, 3.8) is 0 Å². The molecule has 12 heteroatoms. The van der Waals surface area contributed by atoms with Gasteiger partial charge in [0.15, 0.2) is 0 Å². The first-order valence-corrected chi connectivity index (χ1v) is 16.9. The van der Waals surface area contributed by atoms with Crippen molar-refractivity contribution in [1.82, 2.24) is 0 Å². The second kappa shape index (κ2) is 15.1. The third-order valence-corrected chi connectivity index (χ3v) is 9.28. The van der Waals surface area contributed by atoms with E-state index in [2.05, 4.69) is 136 Å². The molecule has 2 rings (SSSR count). The molecule has 6 nitrogen and oxygen atoms in total. The van der Waals surface area contributed by atoms with Crippen molar-refractivity contribution >= 4 is 153 Å². The predicted octanol–water partition coefficient (Wildman–Crippen LogP) is 8.17. The van der Waals surface area contributed by atoms with Gasteiger partial charge < -0.3 is 14.2 Å².